The number of hydrogen-bond acceptors (Lipinski definition) is 4. The Balaban J connectivity index is 2.15. The molecule has 0 saturated carbocycles. The highest BCUT2D eigenvalue weighted by Crippen LogP contribution is 2.28. The van der Waals surface area contributed by atoms with Crippen LogP contribution >= 0.6 is 0 Å². The molecule has 0 spiro atoms. The van der Waals surface area contributed by atoms with Gasteiger partial charge in [0.25, 0.3) is 0 Å². The largest absolute Gasteiger partial charge is 0.486 e. The van der Waals surface area contributed by atoms with Crippen LogP contribution in [-0.2, 0) is 9.53 Å². The summed E-state index contributed by atoms with van der Waals surface area (Å²) in [5.41, 5.74) is 0.513. The van der Waals surface area contributed by atoms with Gasteiger partial charge in [0.05, 0.1) is 13.2 Å². The Hall–Kier alpha value is -1.64. The van der Waals surface area contributed by atoms with Gasteiger partial charge in [-0.15, -0.1) is 0 Å². The maximum absolute atomic E-state index is 10.2. The zero-order chi connectivity index (χ0) is 10.5. The second kappa shape index (κ2) is 4.73. The first-order valence-corrected chi connectivity index (χ1v) is 4.81. The summed E-state index contributed by atoms with van der Waals surface area (Å²) in [4.78, 5) is 13.8. The lowest BCUT2D eigenvalue weighted by atomic mass is 10.2. The van der Waals surface area contributed by atoms with Crippen LogP contribution in [0, 0.1) is 0 Å². The third kappa shape index (κ3) is 2.43. The van der Waals surface area contributed by atoms with E-state index in [1.165, 1.54) is 6.08 Å². The van der Waals surface area contributed by atoms with Gasteiger partial charge in [0.1, 0.15) is 17.5 Å². The molecule has 0 radical (unpaired) electrons. The van der Waals surface area contributed by atoms with E-state index in [2.05, 4.69) is 4.99 Å². The Morgan fingerprint density at radius 2 is 2.33 bits per heavy atom. The lowest BCUT2D eigenvalue weighted by Gasteiger charge is -2.12. The van der Waals surface area contributed by atoms with Gasteiger partial charge in [-0.1, -0.05) is 12.1 Å². The summed E-state index contributed by atoms with van der Waals surface area (Å²) in [6.07, 6.45) is 2.45. The highest BCUT2D eigenvalue weighted by molar-refractivity contribution is 5.57. The first-order chi connectivity index (χ1) is 7.40. The number of nitrogens with zero attached hydrogens (tertiary/aromatic N) is 1. The number of para-hydroxylation sites is 2. The Bertz CT molecular complexity index is 379. The zero-order valence-corrected chi connectivity index (χ0v) is 8.18. The molecule has 0 unspecified atom stereocenters. The van der Waals surface area contributed by atoms with Crippen LogP contribution in [-0.4, -0.2) is 25.4 Å². The van der Waals surface area contributed by atoms with Crippen LogP contribution in [0.2, 0.25) is 0 Å². The Labute approximate surface area is 87.5 Å². The molecule has 1 aromatic carbocycles. The van der Waals surface area contributed by atoms with Crippen LogP contribution in [0.25, 0.3) is 0 Å². The number of isocyanates is 1. The molecule has 0 aromatic heterocycles. The van der Waals surface area contributed by atoms with E-state index in [1.807, 2.05) is 6.07 Å². The summed E-state index contributed by atoms with van der Waals surface area (Å²) in [6.45, 7) is 1.32. The third-order valence-corrected chi connectivity index (χ3v) is 2.21. The van der Waals surface area contributed by atoms with E-state index in [0.717, 1.165) is 13.0 Å². The third-order valence-electron chi connectivity index (χ3n) is 2.21. The fourth-order valence-electron chi connectivity index (χ4n) is 1.48. The van der Waals surface area contributed by atoms with Crippen LogP contribution in [0.5, 0.6) is 5.75 Å². The normalized spacial score (nSPS) is 19.6. The maximum atomic E-state index is 10.2. The molecular formula is C11H11NO3. The van der Waals surface area contributed by atoms with Gasteiger partial charge in [-0.3, -0.25) is 0 Å². The average molecular weight is 205 g/mol. The van der Waals surface area contributed by atoms with Crippen LogP contribution in [0.3, 0.4) is 0 Å². The summed E-state index contributed by atoms with van der Waals surface area (Å²) >= 11 is 0. The Kier molecular flexibility index (Phi) is 3.12. The van der Waals surface area contributed by atoms with Crippen molar-refractivity contribution in [2.45, 2.75) is 12.5 Å². The van der Waals surface area contributed by atoms with Crippen molar-refractivity contribution in [1.82, 2.24) is 0 Å². The van der Waals surface area contributed by atoms with E-state index in [-0.39, 0.29) is 6.10 Å². The van der Waals surface area contributed by atoms with E-state index in [9.17, 15) is 4.79 Å². The van der Waals surface area contributed by atoms with Crippen LogP contribution in [0.15, 0.2) is 29.3 Å². The molecule has 0 bridgehead atoms. The fourth-order valence-corrected chi connectivity index (χ4v) is 1.48. The molecule has 0 amide bonds. The molecule has 2 rings (SSSR count). The van der Waals surface area contributed by atoms with Crippen molar-refractivity contribution in [3.8, 4) is 5.75 Å². The molecule has 0 N–H and O–H groups in total. The van der Waals surface area contributed by atoms with Crippen LogP contribution < -0.4 is 4.74 Å². The predicted molar refractivity (Wildman–Crippen MR) is 54.1 cm³/mol. The molecule has 1 fully saturated rings. The van der Waals surface area contributed by atoms with Crippen molar-refractivity contribution in [3.63, 3.8) is 0 Å². The highest BCUT2D eigenvalue weighted by atomic mass is 16.5. The van der Waals surface area contributed by atoms with Gasteiger partial charge in [0.15, 0.2) is 0 Å². The lowest BCUT2D eigenvalue weighted by Crippen LogP contribution is -2.15. The second-order valence-electron chi connectivity index (χ2n) is 3.27. The predicted octanol–water partition coefficient (Wildman–Crippen LogP) is 1.82. The van der Waals surface area contributed by atoms with Crippen LogP contribution in [0.4, 0.5) is 5.69 Å². The van der Waals surface area contributed by atoms with Crippen molar-refractivity contribution in [2.24, 2.45) is 4.99 Å². The summed E-state index contributed by atoms with van der Waals surface area (Å²) in [6, 6.07) is 7.15. The number of carbonyl (C=O) groups excluding carboxylic acids is 1. The monoisotopic (exact) mass is 205 g/mol. The fraction of sp³-hybridized carbons (Fsp3) is 0.364. The average Bonchev–Trinajstić information content (AvgIpc) is 2.74. The summed E-state index contributed by atoms with van der Waals surface area (Å²) in [5, 5.41) is 0. The van der Waals surface area contributed by atoms with E-state index in [0.29, 0.717) is 18.0 Å². The molecule has 78 valence electrons. The zero-order valence-electron chi connectivity index (χ0n) is 8.18. The minimum Gasteiger partial charge on any atom is -0.486 e. The van der Waals surface area contributed by atoms with Gasteiger partial charge in [-0.05, 0) is 12.1 Å². The molecule has 4 heteroatoms. The number of aliphatic imine (C=N–C) groups is 1. The van der Waals surface area contributed by atoms with Crippen LogP contribution in [0.1, 0.15) is 6.42 Å². The van der Waals surface area contributed by atoms with Crippen molar-refractivity contribution in [1.29, 1.82) is 0 Å². The molecule has 1 aliphatic heterocycles. The van der Waals surface area contributed by atoms with Gasteiger partial charge >= 0.3 is 0 Å². The Morgan fingerprint density at radius 3 is 3.07 bits per heavy atom. The molecule has 1 saturated heterocycles. The molecular weight excluding hydrogens is 194 g/mol. The van der Waals surface area contributed by atoms with Crippen molar-refractivity contribution in [2.75, 3.05) is 13.2 Å². The SMILES string of the molecule is O=C=Nc1ccccc1O[C@@H]1CCOC1. The van der Waals surface area contributed by atoms with E-state index in [4.69, 9.17) is 9.47 Å². The highest BCUT2D eigenvalue weighted by Gasteiger charge is 2.18. The van der Waals surface area contributed by atoms with Crippen molar-refractivity contribution < 1.29 is 14.3 Å². The molecule has 0 aliphatic carbocycles. The second-order valence-corrected chi connectivity index (χ2v) is 3.27. The summed E-state index contributed by atoms with van der Waals surface area (Å²) in [7, 11) is 0. The van der Waals surface area contributed by atoms with Gasteiger partial charge in [-0.2, -0.15) is 4.99 Å². The quantitative estimate of drug-likeness (QED) is 0.558. The van der Waals surface area contributed by atoms with Crippen molar-refractivity contribution in [3.05, 3.63) is 24.3 Å². The molecule has 1 aliphatic rings. The molecule has 1 heterocycles. The molecule has 1 aromatic rings. The molecule has 15 heavy (non-hydrogen) atoms. The first kappa shape index (κ1) is 9.90. The topological polar surface area (TPSA) is 47.9 Å². The lowest BCUT2D eigenvalue weighted by molar-refractivity contribution is 0.142. The van der Waals surface area contributed by atoms with Crippen molar-refractivity contribution >= 4 is 11.8 Å². The van der Waals surface area contributed by atoms with E-state index < -0.39 is 0 Å². The van der Waals surface area contributed by atoms with Gasteiger partial charge < -0.3 is 9.47 Å². The number of rotatable bonds is 3. The number of benzene rings is 1. The van der Waals surface area contributed by atoms with Gasteiger partial charge in [0.2, 0.25) is 6.08 Å². The Morgan fingerprint density at radius 1 is 1.47 bits per heavy atom. The minimum atomic E-state index is 0.0630. The van der Waals surface area contributed by atoms with E-state index >= 15 is 0 Å². The molecule has 4 nitrogen and oxygen atoms in total. The maximum Gasteiger partial charge on any atom is 0.240 e. The van der Waals surface area contributed by atoms with E-state index in [1.54, 1.807) is 18.2 Å². The smallest absolute Gasteiger partial charge is 0.240 e. The summed E-state index contributed by atoms with van der Waals surface area (Å²) in [5.74, 6) is 0.608. The van der Waals surface area contributed by atoms with Gasteiger partial charge in [-0.25, -0.2) is 4.79 Å². The number of hydrogen-bond donors (Lipinski definition) is 0. The molecule has 1 atom stereocenters. The summed E-state index contributed by atoms with van der Waals surface area (Å²) < 4.78 is 10.9. The van der Waals surface area contributed by atoms with Gasteiger partial charge in [0, 0.05) is 6.42 Å². The standard InChI is InChI=1S/C11H11NO3/c13-8-12-10-3-1-2-4-11(10)15-9-5-6-14-7-9/h1-4,9H,5-7H2/t9-/m1/s1. The number of ether oxygens (including phenoxy) is 2. The first-order valence-electron chi connectivity index (χ1n) is 4.81. The minimum absolute atomic E-state index is 0.0630.